The van der Waals surface area contributed by atoms with Crippen molar-refractivity contribution in [3.63, 3.8) is 0 Å². The summed E-state index contributed by atoms with van der Waals surface area (Å²) in [7, 11) is 1.87. The highest BCUT2D eigenvalue weighted by molar-refractivity contribution is 9.10. The van der Waals surface area contributed by atoms with E-state index in [1.807, 2.05) is 19.2 Å². The molecule has 0 atom stereocenters. The highest BCUT2D eigenvalue weighted by Crippen LogP contribution is 2.22. The van der Waals surface area contributed by atoms with Crippen LogP contribution in [0.1, 0.15) is 5.82 Å². The zero-order valence-corrected chi connectivity index (χ0v) is 11.9. The Morgan fingerprint density at radius 1 is 1.16 bits per heavy atom. The zero-order valence-electron chi connectivity index (χ0n) is 10.3. The molecule has 0 saturated heterocycles. The molecule has 0 aliphatic heterocycles. The molecular weight excluding hydrogens is 306 g/mol. The smallest absolute Gasteiger partial charge is 0.170 e. The van der Waals surface area contributed by atoms with Crippen molar-refractivity contribution in [1.29, 1.82) is 0 Å². The molecule has 0 aliphatic carbocycles. The Kier molecular flexibility index (Phi) is 3.27. The lowest BCUT2D eigenvalue weighted by Gasteiger charge is -2.06. The van der Waals surface area contributed by atoms with E-state index in [4.69, 9.17) is 0 Å². The molecule has 96 valence electrons. The summed E-state index contributed by atoms with van der Waals surface area (Å²) in [6.45, 7) is 0.630. The van der Waals surface area contributed by atoms with Gasteiger partial charge >= 0.3 is 0 Å². The van der Waals surface area contributed by atoms with Gasteiger partial charge in [-0.15, -0.1) is 5.10 Å². The summed E-state index contributed by atoms with van der Waals surface area (Å²) in [4.78, 5) is 0. The minimum Gasteiger partial charge on any atom is -0.313 e. The number of hydrogen-bond acceptors (Lipinski definition) is 4. The Bertz CT molecular complexity index is 722. The van der Waals surface area contributed by atoms with Crippen molar-refractivity contribution in [1.82, 2.24) is 25.5 Å². The number of hydrogen-bond donors (Lipinski definition) is 1. The number of halogens is 1. The molecule has 0 aliphatic rings. The molecule has 1 aromatic heterocycles. The highest BCUT2D eigenvalue weighted by atomic mass is 79.9. The summed E-state index contributed by atoms with van der Waals surface area (Å²) in [6, 6.07) is 12.4. The second kappa shape index (κ2) is 5.07. The highest BCUT2D eigenvalue weighted by Gasteiger charge is 2.07. The Labute approximate surface area is 118 Å². The molecule has 6 heteroatoms. The summed E-state index contributed by atoms with van der Waals surface area (Å²) in [5, 5.41) is 17.2. The van der Waals surface area contributed by atoms with Crippen molar-refractivity contribution in [3.8, 4) is 5.69 Å². The molecule has 1 N–H and O–H groups in total. The standard InChI is InChI=1S/C13H12BrN5/c1-15-8-13-16-17-18-19(13)12-5-3-9-6-11(14)4-2-10(9)7-12/h2-7,15H,8H2,1H3. The molecule has 19 heavy (non-hydrogen) atoms. The van der Waals surface area contributed by atoms with Crippen LogP contribution in [-0.4, -0.2) is 27.3 Å². The molecule has 0 fully saturated rings. The Morgan fingerprint density at radius 2 is 1.95 bits per heavy atom. The fraction of sp³-hybridized carbons (Fsp3) is 0.154. The van der Waals surface area contributed by atoms with Crippen LogP contribution in [0, 0.1) is 0 Å². The van der Waals surface area contributed by atoms with E-state index in [0.717, 1.165) is 21.4 Å². The maximum atomic E-state index is 4.04. The third kappa shape index (κ3) is 2.36. The van der Waals surface area contributed by atoms with Crippen molar-refractivity contribution in [2.45, 2.75) is 6.54 Å². The van der Waals surface area contributed by atoms with E-state index in [0.29, 0.717) is 6.54 Å². The molecule has 0 radical (unpaired) electrons. The molecule has 1 heterocycles. The van der Waals surface area contributed by atoms with Gasteiger partial charge in [-0.3, -0.25) is 0 Å². The van der Waals surface area contributed by atoms with Crippen LogP contribution in [0.4, 0.5) is 0 Å². The summed E-state index contributed by atoms with van der Waals surface area (Å²) in [6.07, 6.45) is 0. The topological polar surface area (TPSA) is 55.6 Å². The number of nitrogens with zero attached hydrogens (tertiary/aromatic N) is 4. The Morgan fingerprint density at radius 3 is 2.79 bits per heavy atom. The van der Waals surface area contributed by atoms with Crippen molar-refractivity contribution in [2.75, 3.05) is 7.05 Å². The molecule has 3 rings (SSSR count). The van der Waals surface area contributed by atoms with Crippen molar-refractivity contribution in [2.24, 2.45) is 0 Å². The second-order valence-electron chi connectivity index (χ2n) is 4.21. The van der Waals surface area contributed by atoms with Gasteiger partial charge in [-0.1, -0.05) is 28.1 Å². The van der Waals surface area contributed by atoms with Gasteiger partial charge in [0.15, 0.2) is 5.82 Å². The first kappa shape index (κ1) is 12.3. The van der Waals surface area contributed by atoms with E-state index in [1.165, 1.54) is 5.39 Å². The minimum absolute atomic E-state index is 0.630. The molecular formula is C13H12BrN5. The molecule has 0 bridgehead atoms. The van der Waals surface area contributed by atoms with Gasteiger partial charge in [0.25, 0.3) is 0 Å². The van der Waals surface area contributed by atoms with E-state index in [9.17, 15) is 0 Å². The lowest BCUT2D eigenvalue weighted by Crippen LogP contribution is -2.12. The van der Waals surface area contributed by atoms with Gasteiger partial charge in [0.2, 0.25) is 0 Å². The minimum atomic E-state index is 0.630. The summed E-state index contributed by atoms with van der Waals surface area (Å²) in [5.41, 5.74) is 0.963. The number of benzene rings is 2. The number of aromatic nitrogens is 4. The van der Waals surface area contributed by atoms with Gasteiger partial charge in [0, 0.05) is 4.47 Å². The normalized spacial score (nSPS) is 11.1. The van der Waals surface area contributed by atoms with Crippen LogP contribution in [-0.2, 0) is 6.54 Å². The summed E-state index contributed by atoms with van der Waals surface area (Å²) >= 11 is 3.48. The van der Waals surface area contributed by atoms with Crippen LogP contribution >= 0.6 is 15.9 Å². The number of fused-ring (bicyclic) bond motifs is 1. The Hall–Kier alpha value is -1.79. The molecule has 0 unspecified atom stereocenters. The van der Waals surface area contributed by atoms with Crippen molar-refractivity contribution in [3.05, 3.63) is 46.7 Å². The van der Waals surface area contributed by atoms with E-state index in [1.54, 1.807) is 4.68 Å². The average Bonchev–Trinajstić information content (AvgIpc) is 2.87. The fourth-order valence-corrected chi connectivity index (χ4v) is 2.39. The second-order valence-corrected chi connectivity index (χ2v) is 5.13. The van der Waals surface area contributed by atoms with E-state index in [-0.39, 0.29) is 0 Å². The van der Waals surface area contributed by atoms with E-state index >= 15 is 0 Å². The van der Waals surface area contributed by atoms with Crippen molar-refractivity contribution < 1.29 is 0 Å². The van der Waals surface area contributed by atoms with Crippen LogP contribution in [0.15, 0.2) is 40.9 Å². The molecule has 0 saturated carbocycles. The van der Waals surface area contributed by atoms with Gasteiger partial charge in [0.1, 0.15) is 0 Å². The quantitative estimate of drug-likeness (QED) is 0.805. The first-order valence-corrected chi connectivity index (χ1v) is 6.69. The molecule has 5 nitrogen and oxygen atoms in total. The van der Waals surface area contributed by atoms with Crippen LogP contribution in [0.25, 0.3) is 16.5 Å². The number of nitrogens with one attached hydrogen (secondary N) is 1. The predicted molar refractivity (Wildman–Crippen MR) is 77.1 cm³/mol. The van der Waals surface area contributed by atoms with Gasteiger partial charge in [-0.05, 0) is 52.5 Å². The van der Waals surface area contributed by atoms with Gasteiger partial charge in [-0.2, -0.15) is 4.68 Å². The third-order valence-corrected chi connectivity index (χ3v) is 3.39. The summed E-state index contributed by atoms with van der Waals surface area (Å²) in [5.74, 6) is 0.791. The first-order valence-electron chi connectivity index (χ1n) is 5.89. The lowest BCUT2D eigenvalue weighted by atomic mass is 10.1. The van der Waals surface area contributed by atoms with Crippen LogP contribution in [0.2, 0.25) is 0 Å². The zero-order chi connectivity index (χ0) is 13.2. The van der Waals surface area contributed by atoms with Gasteiger partial charge in [-0.25, -0.2) is 0 Å². The van der Waals surface area contributed by atoms with Gasteiger partial charge < -0.3 is 5.32 Å². The lowest BCUT2D eigenvalue weighted by molar-refractivity contribution is 0.709. The van der Waals surface area contributed by atoms with E-state index in [2.05, 4.69) is 61.0 Å². The molecule has 0 amide bonds. The maximum absolute atomic E-state index is 4.04. The molecule has 3 aromatic rings. The summed E-state index contributed by atoms with van der Waals surface area (Å²) < 4.78 is 2.82. The maximum Gasteiger partial charge on any atom is 0.170 e. The number of tetrazole rings is 1. The molecule has 0 spiro atoms. The predicted octanol–water partition coefficient (Wildman–Crippen LogP) is 2.30. The van der Waals surface area contributed by atoms with E-state index < -0.39 is 0 Å². The fourth-order valence-electron chi connectivity index (χ4n) is 2.01. The third-order valence-electron chi connectivity index (χ3n) is 2.90. The first-order chi connectivity index (χ1) is 9.28. The van der Waals surface area contributed by atoms with Crippen LogP contribution in [0.3, 0.4) is 0 Å². The molecule has 2 aromatic carbocycles. The van der Waals surface area contributed by atoms with Crippen LogP contribution < -0.4 is 5.32 Å². The van der Waals surface area contributed by atoms with Gasteiger partial charge in [0.05, 0.1) is 12.2 Å². The van der Waals surface area contributed by atoms with Crippen LogP contribution in [0.5, 0.6) is 0 Å². The largest absolute Gasteiger partial charge is 0.313 e. The SMILES string of the molecule is CNCc1nnnn1-c1ccc2cc(Br)ccc2c1. The number of rotatable bonds is 3. The average molecular weight is 318 g/mol. The van der Waals surface area contributed by atoms with Crippen molar-refractivity contribution >= 4 is 26.7 Å². The Balaban J connectivity index is 2.10. The monoisotopic (exact) mass is 317 g/mol.